The Bertz CT molecular complexity index is 1480. The Hall–Kier alpha value is -2.22. The average Bonchev–Trinajstić information content (AvgIpc) is 3.72. The van der Waals surface area contributed by atoms with Crippen molar-refractivity contribution < 1.29 is 21.9 Å². The van der Waals surface area contributed by atoms with Crippen LogP contribution in [0.25, 0.3) is 16.2 Å². The van der Waals surface area contributed by atoms with Crippen LogP contribution < -0.4 is 9.62 Å². The summed E-state index contributed by atoms with van der Waals surface area (Å²) < 4.78 is 63.9. The number of ether oxygens (including phenoxy) is 1. The number of hydrogen-bond donors (Lipinski definition) is 1. The van der Waals surface area contributed by atoms with Crippen molar-refractivity contribution >= 4 is 38.1 Å². The van der Waals surface area contributed by atoms with Gasteiger partial charge in [0.05, 0.1) is 29.3 Å². The number of piperidine rings is 1. The Labute approximate surface area is 217 Å². The number of aromatic nitrogens is 4. The van der Waals surface area contributed by atoms with Gasteiger partial charge in [0.2, 0.25) is 15.2 Å². The number of imidazole rings is 1. The van der Waals surface area contributed by atoms with Crippen molar-refractivity contribution in [1.82, 2.24) is 24.5 Å². The van der Waals surface area contributed by atoms with Gasteiger partial charge in [0.25, 0.3) is 6.43 Å². The van der Waals surface area contributed by atoms with E-state index in [0.717, 1.165) is 87.7 Å². The van der Waals surface area contributed by atoms with E-state index < -0.39 is 22.0 Å². The Balaban J connectivity index is 1.39. The fraction of sp³-hybridized carbons (Fsp3) is 0.625. The van der Waals surface area contributed by atoms with Gasteiger partial charge in [0.15, 0.2) is 5.01 Å². The molecule has 198 valence electrons. The Kier molecular flexibility index (Phi) is 5.25. The zero-order valence-electron chi connectivity index (χ0n) is 20.4. The third-order valence-electron chi connectivity index (χ3n) is 8.16. The Morgan fingerprint density at radius 2 is 1.86 bits per heavy atom. The molecule has 4 fully saturated rings. The summed E-state index contributed by atoms with van der Waals surface area (Å²) in [6.45, 7) is 4.99. The van der Waals surface area contributed by atoms with Crippen molar-refractivity contribution in [3.8, 4) is 5.13 Å². The van der Waals surface area contributed by atoms with Gasteiger partial charge in [-0.05, 0) is 57.6 Å². The lowest BCUT2D eigenvalue weighted by atomic mass is 9.77. The molecule has 1 aromatic carbocycles. The summed E-state index contributed by atoms with van der Waals surface area (Å²) in [6, 6.07) is 3.34. The van der Waals surface area contributed by atoms with E-state index in [-0.39, 0.29) is 26.4 Å². The lowest BCUT2D eigenvalue weighted by Gasteiger charge is -2.47. The molecule has 0 amide bonds. The number of anilines is 1. The summed E-state index contributed by atoms with van der Waals surface area (Å²) in [7, 11) is -3.82. The molecule has 4 heterocycles. The van der Waals surface area contributed by atoms with Crippen LogP contribution in [0.4, 0.5) is 14.5 Å². The van der Waals surface area contributed by atoms with E-state index in [0.29, 0.717) is 11.0 Å². The van der Waals surface area contributed by atoms with Crippen molar-refractivity contribution in [2.24, 2.45) is 5.41 Å². The minimum atomic E-state index is -3.82. The maximum atomic E-state index is 13.5. The molecule has 2 aliphatic heterocycles. The highest BCUT2D eigenvalue weighted by molar-refractivity contribution is 7.89. The predicted octanol–water partition coefficient (Wildman–Crippen LogP) is 4.14. The van der Waals surface area contributed by atoms with E-state index in [2.05, 4.69) is 19.8 Å². The van der Waals surface area contributed by atoms with Crippen molar-refractivity contribution in [2.45, 2.75) is 68.2 Å². The second-order valence-electron chi connectivity index (χ2n) is 11.3. The first-order valence-corrected chi connectivity index (χ1v) is 15.0. The second kappa shape index (κ2) is 8.14. The molecule has 0 radical (unpaired) electrons. The normalized spacial score (nSPS) is 22.6. The zero-order valence-corrected chi connectivity index (χ0v) is 22.0. The van der Waals surface area contributed by atoms with Crippen molar-refractivity contribution in [3.63, 3.8) is 0 Å². The molecule has 9 nitrogen and oxygen atoms in total. The molecule has 1 N–H and O–H groups in total. The molecular formula is C24H28F2N6O3S2. The highest BCUT2D eigenvalue weighted by Crippen LogP contribution is 2.46. The fourth-order valence-electron chi connectivity index (χ4n) is 5.34. The third kappa shape index (κ3) is 4.14. The summed E-state index contributed by atoms with van der Waals surface area (Å²) in [5.74, 6) is 0.908. The van der Waals surface area contributed by atoms with Crippen LogP contribution in [0.2, 0.25) is 0 Å². The number of alkyl halides is 2. The van der Waals surface area contributed by atoms with Gasteiger partial charge in [-0.1, -0.05) is 11.3 Å². The standard InChI is InChI=1S/C24H28F2N6O3S2/c1-23(4-5-23)30-37(33,34)15-10-16(31-8-6-24(7-9-31)12-35-13-24)18-17(11-15)32(20(27-18)14-2-3-14)22-29-28-21(36-22)19(25)26/h10-11,14,19,30H,2-9,12-13H2,1H3. The zero-order chi connectivity index (χ0) is 25.6. The molecule has 4 aliphatic rings. The molecule has 7 rings (SSSR count). The fourth-order valence-corrected chi connectivity index (χ4v) is 7.57. The van der Waals surface area contributed by atoms with E-state index in [4.69, 9.17) is 9.72 Å². The molecule has 3 aromatic rings. The van der Waals surface area contributed by atoms with Crippen LogP contribution in [0.15, 0.2) is 17.0 Å². The maximum absolute atomic E-state index is 13.5. The molecule has 2 saturated carbocycles. The number of fused-ring (bicyclic) bond motifs is 1. The van der Waals surface area contributed by atoms with Gasteiger partial charge in [0, 0.05) is 30.0 Å². The van der Waals surface area contributed by atoms with Crippen molar-refractivity contribution in [2.75, 3.05) is 31.2 Å². The van der Waals surface area contributed by atoms with E-state index in [9.17, 15) is 17.2 Å². The quantitative estimate of drug-likeness (QED) is 0.472. The lowest BCUT2D eigenvalue weighted by Crippen LogP contribution is -2.51. The first-order valence-electron chi connectivity index (χ1n) is 12.7. The van der Waals surface area contributed by atoms with Crippen molar-refractivity contribution in [1.29, 1.82) is 0 Å². The van der Waals surface area contributed by atoms with Gasteiger partial charge < -0.3 is 9.64 Å². The van der Waals surface area contributed by atoms with E-state index in [1.165, 1.54) is 0 Å². The Morgan fingerprint density at radius 3 is 2.43 bits per heavy atom. The molecule has 13 heteroatoms. The predicted molar refractivity (Wildman–Crippen MR) is 134 cm³/mol. The van der Waals surface area contributed by atoms with Gasteiger partial charge >= 0.3 is 0 Å². The first-order chi connectivity index (χ1) is 17.7. The topological polar surface area (TPSA) is 102 Å². The van der Waals surface area contributed by atoms with E-state index in [1.807, 2.05) is 6.92 Å². The maximum Gasteiger partial charge on any atom is 0.291 e. The minimum Gasteiger partial charge on any atom is -0.380 e. The number of hydrogen-bond acceptors (Lipinski definition) is 8. The van der Waals surface area contributed by atoms with Gasteiger partial charge in [-0.15, -0.1) is 10.2 Å². The lowest BCUT2D eigenvalue weighted by molar-refractivity contribution is -0.124. The summed E-state index contributed by atoms with van der Waals surface area (Å²) in [6.07, 6.45) is 2.67. The van der Waals surface area contributed by atoms with Crippen LogP contribution >= 0.6 is 11.3 Å². The van der Waals surface area contributed by atoms with Crippen LogP contribution in [0, 0.1) is 5.41 Å². The Morgan fingerprint density at radius 1 is 1.14 bits per heavy atom. The van der Waals surface area contributed by atoms with Crippen LogP contribution in [0.1, 0.15) is 68.6 Å². The molecule has 0 bridgehead atoms. The molecule has 0 atom stereocenters. The molecule has 2 saturated heterocycles. The molecule has 2 aromatic heterocycles. The van der Waals surface area contributed by atoms with Crippen molar-refractivity contribution in [3.05, 3.63) is 23.0 Å². The summed E-state index contributed by atoms with van der Waals surface area (Å²) in [4.78, 5) is 7.35. The number of benzene rings is 1. The van der Waals surface area contributed by atoms with Crippen LogP contribution in [-0.4, -0.2) is 60.0 Å². The SMILES string of the molecule is CC1(NS(=O)(=O)c2cc(N3CCC4(CC3)COC4)c3nc(C4CC4)n(-c4nnc(C(F)F)s4)c3c2)CC1. The number of halogens is 2. The summed E-state index contributed by atoms with van der Waals surface area (Å²) in [5, 5.41) is 7.67. The number of nitrogens with one attached hydrogen (secondary N) is 1. The molecule has 37 heavy (non-hydrogen) atoms. The number of rotatable bonds is 7. The van der Waals surface area contributed by atoms with E-state index in [1.54, 1.807) is 16.7 Å². The van der Waals surface area contributed by atoms with Crippen LogP contribution in [-0.2, 0) is 14.8 Å². The highest BCUT2D eigenvalue weighted by Gasteiger charge is 2.43. The first kappa shape index (κ1) is 23.9. The van der Waals surface area contributed by atoms with Crippen LogP contribution in [0.5, 0.6) is 0 Å². The van der Waals surface area contributed by atoms with Gasteiger partial charge in [-0.3, -0.25) is 4.57 Å². The number of sulfonamides is 1. The molecular weight excluding hydrogens is 522 g/mol. The number of nitrogens with zero attached hydrogens (tertiary/aromatic N) is 5. The van der Waals surface area contributed by atoms with Gasteiger partial charge in [-0.25, -0.2) is 26.9 Å². The van der Waals surface area contributed by atoms with Gasteiger partial charge in [0.1, 0.15) is 11.3 Å². The second-order valence-corrected chi connectivity index (χ2v) is 13.9. The largest absolute Gasteiger partial charge is 0.380 e. The van der Waals surface area contributed by atoms with Crippen LogP contribution in [0.3, 0.4) is 0 Å². The smallest absolute Gasteiger partial charge is 0.291 e. The molecule has 2 aliphatic carbocycles. The average molecular weight is 551 g/mol. The minimum absolute atomic E-state index is 0.150. The third-order valence-corrected chi connectivity index (χ3v) is 10.7. The summed E-state index contributed by atoms with van der Waals surface area (Å²) >= 11 is 0.816. The monoisotopic (exact) mass is 550 g/mol. The highest BCUT2D eigenvalue weighted by atomic mass is 32.2. The summed E-state index contributed by atoms with van der Waals surface area (Å²) in [5.41, 5.74) is 1.78. The van der Waals surface area contributed by atoms with E-state index >= 15 is 0 Å². The molecule has 1 spiro atoms. The van der Waals surface area contributed by atoms with Gasteiger partial charge in [-0.2, -0.15) is 0 Å². The molecule has 0 unspecified atom stereocenters.